The second-order valence-electron chi connectivity index (χ2n) is 5.43. The van der Waals surface area contributed by atoms with Crippen LogP contribution in [0.15, 0.2) is 24.3 Å². The van der Waals surface area contributed by atoms with Crippen LogP contribution in [0.5, 0.6) is 0 Å². The third kappa shape index (κ3) is 9.15. The van der Waals surface area contributed by atoms with E-state index in [1.807, 2.05) is 0 Å². The molecule has 4 nitrogen and oxygen atoms in total. The molecule has 0 fully saturated rings. The van der Waals surface area contributed by atoms with Crippen molar-refractivity contribution in [3.8, 4) is 0 Å². The van der Waals surface area contributed by atoms with E-state index in [9.17, 15) is 4.79 Å². The lowest BCUT2D eigenvalue weighted by Gasteiger charge is -2.28. The van der Waals surface area contributed by atoms with Crippen molar-refractivity contribution in [2.24, 2.45) is 0 Å². The fourth-order valence-electron chi connectivity index (χ4n) is 2.00. The van der Waals surface area contributed by atoms with Crippen LogP contribution >= 0.6 is 58.6 Å². The van der Waals surface area contributed by atoms with E-state index in [1.54, 1.807) is 24.3 Å². The first kappa shape index (κ1) is 22.6. The monoisotopic (exact) mass is 443 g/mol. The number of halogens is 4. The number of benzene rings is 1. The number of carbonyl (C=O) groups is 1. The van der Waals surface area contributed by atoms with E-state index >= 15 is 0 Å². The number of anilines is 1. The number of amides is 1. The summed E-state index contributed by atoms with van der Waals surface area (Å²) in [4.78, 5) is 12.0. The van der Waals surface area contributed by atoms with Gasteiger partial charge in [-0.15, -0.1) is 0 Å². The molecule has 0 aliphatic rings. The van der Waals surface area contributed by atoms with E-state index in [0.29, 0.717) is 17.1 Å². The van der Waals surface area contributed by atoms with Gasteiger partial charge in [0, 0.05) is 6.42 Å². The normalized spacial score (nSPS) is 12.4. The summed E-state index contributed by atoms with van der Waals surface area (Å²) in [6.07, 6.45) is 3.35. The van der Waals surface area contributed by atoms with Gasteiger partial charge in [-0.3, -0.25) is 4.79 Å². The number of unbranched alkanes of at least 4 members (excludes halogenated alkanes) is 3. The molecule has 1 aromatic rings. The fourth-order valence-corrected chi connectivity index (χ4v) is 2.74. The van der Waals surface area contributed by atoms with Crippen LogP contribution < -0.4 is 16.0 Å². The van der Waals surface area contributed by atoms with Crippen molar-refractivity contribution in [2.45, 2.75) is 49.0 Å². The molecule has 0 bridgehead atoms. The Bertz CT molecular complexity index is 581. The van der Waals surface area contributed by atoms with Gasteiger partial charge in [-0.05, 0) is 30.8 Å². The predicted molar refractivity (Wildman–Crippen MR) is 112 cm³/mol. The van der Waals surface area contributed by atoms with Gasteiger partial charge in [0.15, 0.2) is 5.11 Å². The summed E-state index contributed by atoms with van der Waals surface area (Å²) in [7, 11) is 0. The Morgan fingerprint density at radius 3 is 2.44 bits per heavy atom. The maximum absolute atomic E-state index is 12.0. The van der Waals surface area contributed by atoms with Gasteiger partial charge in [0.2, 0.25) is 9.70 Å². The second kappa shape index (κ2) is 11.3. The Morgan fingerprint density at radius 1 is 1.16 bits per heavy atom. The first-order chi connectivity index (χ1) is 11.7. The number of hydrogen-bond acceptors (Lipinski definition) is 2. The predicted octanol–water partition coefficient (Wildman–Crippen LogP) is 5.41. The highest BCUT2D eigenvalue weighted by atomic mass is 35.6. The van der Waals surface area contributed by atoms with Crippen molar-refractivity contribution >= 4 is 75.3 Å². The Morgan fingerprint density at radius 2 is 1.84 bits per heavy atom. The highest BCUT2D eigenvalue weighted by Crippen LogP contribution is 2.29. The van der Waals surface area contributed by atoms with Crippen LogP contribution in [0, 0.1) is 0 Å². The summed E-state index contributed by atoms with van der Waals surface area (Å²) in [5.74, 6) is -0.208. The van der Waals surface area contributed by atoms with Crippen LogP contribution in [0.25, 0.3) is 0 Å². The maximum Gasteiger partial charge on any atom is 0.228 e. The minimum Gasteiger partial charge on any atom is -0.339 e. The van der Waals surface area contributed by atoms with Gasteiger partial charge in [-0.25, -0.2) is 0 Å². The SMILES string of the molecule is CCCCCCC(=O)NC(NC(=S)Nc1ccccc1Cl)C(Cl)(Cl)Cl. The molecule has 0 spiro atoms. The quantitative estimate of drug-likeness (QED) is 0.217. The summed E-state index contributed by atoms with van der Waals surface area (Å²) in [6.45, 7) is 2.11. The standard InChI is InChI=1S/C16H21Cl4N3OS/c1-2-3-4-5-10-13(24)22-14(16(18,19)20)23-15(25)21-12-9-7-6-8-11(12)17/h6-9,14H,2-5,10H2,1H3,(H,22,24)(H2,21,23,25). The molecular weight excluding hydrogens is 424 g/mol. The van der Waals surface area contributed by atoms with E-state index in [-0.39, 0.29) is 11.0 Å². The summed E-state index contributed by atoms with van der Waals surface area (Å²) in [6, 6.07) is 7.08. The molecule has 0 aliphatic heterocycles. The Hall–Kier alpha value is -0.460. The first-order valence-electron chi connectivity index (χ1n) is 7.92. The minimum atomic E-state index is -1.77. The molecule has 1 amide bonds. The fraction of sp³-hybridized carbons (Fsp3) is 0.500. The number of carbonyl (C=O) groups excluding carboxylic acids is 1. The molecule has 0 saturated heterocycles. The average Bonchev–Trinajstić information content (AvgIpc) is 2.52. The first-order valence-corrected chi connectivity index (χ1v) is 9.84. The van der Waals surface area contributed by atoms with E-state index in [0.717, 1.165) is 25.7 Å². The molecule has 0 saturated carbocycles. The third-order valence-electron chi connectivity index (χ3n) is 3.29. The van der Waals surface area contributed by atoms with Gasteiger partial charge in [-0.2, -0.15) is 0 Å². The van der Waals surface area contributed by atoms with E-state index in [4.69, 9.17) is 58.6 Å². The highest BCUT2D eigenvalue weighted by molar-refractivity contribution is 7.80. The zero-order valence-electron chi connectivity index (χ0n) is 13.8. The van der Waals surface area contributed by atoms with E-state index < -0.39 is 9.96 Å². The van der Waals surface area contributed by atoms with Crippen LogP contribution in [-0.4, -0.2) is 21.0 Å². The summed E-state index contributed by atoms with van der Waals surface area (Å²) in [5.41, 5.74) is 0.607. The van der Waals surface area contributed by atoms with Crippen molar-refractivity contribution < 1.29 is 4.79 Å². The van der Waals surface area contributed by atoms with Crippen molar-refractivity contribution in [1.82, 2.24) is 10.6 Å². The molecule has 25 heavy (non-hydrogen) atoms. The van der Waals surface area contributed by atoms with Gasteiger partial charge in [-0.1, -0.05) is 84.7 Å². The van der Waals surface area contributed by atoms with E-state index in [1.165, 1.54) is 0 Å². The van der Waals surface area contributed by atoms with E-state index in [2.05, 4.69) is 22.9 Å². The Kier molecular flexibility index (Phi) is 10.2. The number of para-hydroxylation sites is 1. The molecule has 3 N–H and O–H groups in total. The van der Waals surface area contributed by atoms with Gasteiger partial charge in [0.1, 0.15) is 6.17 Å². The Balaban J connectivity index is 2.59. The molecule has 1 unspecified atom stereocenters. The summed E-state index contributed by atoms with van der Waals surface area (Å²) < 4.78 is -1.77. The number of thiocarbonyl (C=S) groups is 1. The second-order valence-corrected chi connectivity index (χ2v) is 8.62. The molecule has 1 aromatic carbocycles. The number of alkyl halides is 3. The molecule has 0 heterocycles. The maximum atomic E-state index is 12.0. The minimum absolute atomic E-state index is 0.177. The molecule has 9 heteroatoms. The Labute approximate surface area is 173 Å². The molecule has 1 atom stereocenters. The lowest BCUT2D eigenvalue weighted by molar-refractivity contribution is -0.122. The summed E-state index contributed by atoms with van der Waals surface area (Å²) >= 11 is 29.1. The lowest BCUT2D eigenvalue weighted by atomic mass is 10.1. The largest absolute Gasteiger partial charge is 0.339 e. The van der Waals surface area contributed by atoms with Crippen molar-refractivity contribution in [3.63, 3.8) is 0 Å². The lowest BCUT2D eigenvalue weighted by Crippen LogP contribution is -2.56. The zero-order valence-corrected chi connectivity index (χ0v) is 17.6. The highest BCUT2D eigenvalue weighted by Gasteiger charge is 2.34. The molecule has 0 aliphatic carbocycles. The molecule has 0 radical (unpaired) electrons. The summed E-state index contributed by atoms with van der Waals surface area (Å²) in [5, 5.41) is 9.04. The number of nitrogens with one attached hydrogen (secondary N) is 3. The van der Waals surface area contributed by atoms with Crippen molar-refractivity contribution in [2.75, 3.05) is 5.32 Å². The van der Waals surface area contributed by atoms with Gasteiger partial charge in [0.25, 0.3) is 0 Å². The van der Waals surface area contributed by atoms with Crippen LogP contribution in [0.3, 0.4) is 0 Å². The topological polar surface area (TPSA) is 53.2 Å². The molecule has 0 aromatic heterocycles. The number of rotatable bonds is 8. The van der Waals surface area contributed by atoms with Crippen molar-refractivity contribution in [3.05, 3.63) is 29.3 Å². The zero-order chi connectivity index (χ0) is 18.9. The van der Waals surface area contributed by atoms with Crippen LogP contribution in [0.1, 0.15) is 39.0 Å². The van der Waals surface area contributed by atoms with Crippen LogP contribution in [-0.2, 0) is 4.79 Å². The molecule has 140 valence electrons. The number of hydrogen-bond donors (Lipinski definition) is 3. The van der Waals surface area contributed by atoms with Crippen molar-refractivity contribution in [1.29, 1.82) is 0 Å². The van der Waals surface area contributed by atoms with Gasteiger partial charge >= 0.3 is 0 Å². The van der Waals surface area contributed by atoms with Gasteiger partial charge in [0.05, 0.1) is 10.7 Å². The average molecular weight is 445 g/mol. The molecular formula is C16H21Cl4N3OS. The molecule has 1 rings (SSSR count). The third-order valence-corrected chi connectivity index (χ3v) is 4.49. The van der Waals surface area contributed by atoms with Crippen LogP contribution in [0.4, 0.5) is 5.69 Å². The van der Waals surface area contributed by atoms with Crippen LogP contribution in [0.2, 0.25) is 5.02 Å². The smallest absolute Gasteiger partial charge is 0.228 e. The van der Waals surface area contributed by atoms with Gasteiger partial charge < -0.3 is 16.0 Å².